The molecule has 1 saturated heterocycles. The molecule has 4 nitrogen and oxygen atoms in total. The van der Waals surface area contributed by atoms with Gasteiger partial charge in [-0.05, 0) is 12.5 Å². The molecule has 2 heterocycles. The Kier molecular flexibility index (Phi) is 2.46. The maximum atomic E-state index is 5.73. The van der Waals surface area contributed by atoms with Crippen molar-refractivity contribution in [3.05, 3.63) is 23.3 Å². The molecule has 0 bridgehead atoms. The molecule has 0 saturated carbocycles. The number of ether oxygens (including phenoxy) is 3. The summed E-state index contributed by atoms with van der Waals surface area (Å²) >= 11 is 0. The van der Waals surface area contributed by atoms with Gasteiger partial charge in [-0.2, -0.15) is 0 Å². The van der Waals surface area contributed by atoms with Crippen molar-refractivity contribution in [1.82, 2.24) is 5.32 Å². The fraction of sp³-hybridized carbons (Fsp3) is 0.500. The van der Waals surface area contributed by atoms with Crippen molar-refractivity contribution >= 4 is 0 Å². The van der Waals surface area contributed by atoms with Crippen LogP contribution in [-0.2, 0) is 4.74 Å². The van der Waals surface area contributed by atoms with Gasteiger partial charge in [-0.3, -0.25) is 0 Å². The fourth-order valence-corrected chi connectivity index (χ4v) is 2.17. The third-order valence-electron chi connectivity index (χ3n) is 3.02. The van der Waals surface area contributed by atoms with E-state index < -0.39 is 0 Å². The standard InChI is InChI=1S/C12H15NO3/c1-8-2-3-9(10-6-13-4-5-14-10)12-11(8)15-7-16-12/h2-3,10,13H,4-7H2,1H3. The Balaban J connectivity index is 1.98. The third kappa shape index (κ3) is 1.54. The second-order valence-electron chi connectivity index (χ2n) is 4.10. The Bertz CT molecular complexity index is 399. The Hall–Kier alpha value is -1.26. The second kappa shape index (κ2) is 3.96. The average Bonchev–Trinajstić information content (AvgIpc) is 2.81. The first-order chi connectivity index (χ1) is 7.86. The monoisotopic (exact) mass is 221 g/mol. The van der Waals surface area contributed by atoms with Crippen molar-refractivity contribution in [3.8, 4) is 11.5 Å². The van der Waals surface area contributed by atoms with Crippen LogP contribution in [0.2, 0.25) is 0 Å². The van der Waals surface area contributed by atoms with Crippen LogP contribution >= 0.6 is 0 Å². The molecule has 0 spiro atoms. The summed E-state index contributed by atoms with van der Waals surface area (Å²) in [5.41, 5.74) is 2.20. The fourth-order valence-electron chi connectivity index (χ4n) is 2.17. The minimum absolute atomic E-state index is 0.0739. The summed E-state index contributed by atoms with van der Waals surface area (Å²) in [7, 11) is 0. The molecule has 1 fully saturated rings. The van der Waals surface area contributed by atoms with E-state index in [1.54, 1.807) is 0 Å². The molecule has 1 aromatic carbocycles. The zero-order valence-corrected chi connectivity index (χ0v) is 9.29. The molecule has 1 aromatic rings. The van der Waals surface area contributed by atoms with Crippen LogP contribution in [0, 0.1) is 6.92 Å². The van der Waals surface area contributed by atoms with Crippen LogP contribution in [0.4, 0.5) is 0 Å². The predicted octanol–water partition coefficient (Wildman–Crippen LogP) is 1.38. The SMILES string of the molecule is Cc1ccc(C2CNCCO2)c2c1OCO2. The number of rotatable bonds is 1. The number of hydrogen-bond acceptors (Lipinski definition) is 4. The largest absolute Gasteiger partial charge is 0.453 e. The van der Waals surface area contributed by atoms with Crippen molar-refractivity contribution in [3.63, 3.8) is 0 Å². The van der Waals surface area contributed by atoms with E-state index >= 15 is 0 Å². The molecule has 0 aromatic heterocycles. The van der Waals surface area contributed by atoms with Gasteiger partial charge in [-0.15, -0.1) is 0 Å². The molecule has 1 N–H and O–H groups in total. The molecule has 2 aliphatic heterocycles. The number of hydrogen-bond donors (Lipinski definition) is 1. The lowest BCUT2D eigenvalue weighted by molar-refractivity contribution is 0.0259. The maximum absolute atomic E-state index is 5.73. The quantitative estimate of drug-likeness (QED) is 0.777. The van der Waals surface area contributed by atoms with Crippen molar-refractivity contribution in [2.75, 3.05) is 26.5 Å². The molecular formula is C12H15NO3. The molecule has 16 heavy (non-hydrogen) atoms. The first-order valence-electron chi connectivity index (χ1n) is 5.57. The highest BCUT2D eigenvalue weighted by atomic mass is 16.7. The number of aryl methyl sites for hydroxylation is 1. The molecule has 3 rings (SSSR count). The van der Waals surface area contributed by atoms with Gasteiger partial charge >= 0.3 is 0 Å². The van der Waals surface area contributed by atoms with E-state index in [1.807, 2.05) is 6.92 Å². The van der Waals surface area contributed by atoms with Gasteiger partial charge in [0, 0.05) is 18.7 Å². The van der Waals surface area contributed by atoms with Crippen LogP contribution in [-0.4, -0.2) is 26.5 Å². The summed E-state index contributed by atoms with van der Waals surface area (Å²) in [6.45, 7) is 4.83. The van der Waals surface area contributed by atoms with E-state index in [-0.39, 0.29) is 6.10 Å². The molecule has 86 valence electrons. The molecule has 0 radical (unpaired) electrons. The van der Waals surface area contributed by atoms with Gasteiger partial charge < -0.3 is 19.5 Å². The highest BCUT2D eigenvalue weighted by molar-refractivity contribution is 5.53. The van der Waals surface area contributed by atoms with Crippen LogP contribution in [0.25, 0.3) is 0 Å². The van der Waals surface area contributed by atoms with E-state index in [4.69, 9.17) is 14.2 Å². The first-order valence-corrected chi connectivity index (χ1v) is 5.57. The lowest BCUT2D eigenvalue weighted by atomic mass is 10.0. The number of nitrogens with one attached hydrogen (secondary N) is 1. The average molecular weight is 221 g/mol. The Labute approximate surface area is 94.5 Å². The summed E-state index contributed by atoms with van der Waals surface area (Å²) in [5, 5.41) is 3.32. The zero-order chi connectivity index (χ0) is 11.0. The Morgan fingerprint density at radius 3 is 2.94 bits per heavy atom. The molecule has 0 aliphatic carbocycles. The third-order valence-corrected chi connectivity index (χ3v) is 3.02. The Morgan fingerprint density at radius 2 is 2.12 bits per heavy atom. The van der Waals surface area contributed by atoms with Gasteiger partial charge in [0.15, 0.2) is 11.5 Å². The molecule has 1 unspecified atom stereocenters. The summed E-state index contributed by atoms with van der Waals surface area (Å²) in [4.78, 5) is 0. The van der Waals surface area contributed by atoms with Crippen LogP contribution in [0.3, 0.4) is 0 Å². The van der Waals surface area contributed by atoms with E-state index in [2.05, 4.69) is 17.4 Å². The van der Waals surface area contributed by atoms with Gasteiger partial charge in [0.2, 0.25) is 6.79 Å². The number of morpholine rings is 1. The van der Waals surface area contributed by atoms with Gasteiger partial charge in [-0.25, -0.2) is 0 Å². The second-order valence-corrected chi connectivity index (χ2v) is 4.10. The predicted molar refractivity (Wildman–Crippen MR) is 58.9 cm³/mol. The van der Waals surface area contributed by atoms with Gasteiger partial charge in [0.05, 0.1) is 12.7 Å². The molecule has 2 aliphatic rings. The summed E-state index contributed by atoms with van der Waals surface area (Å²) < 4.78 is 16.7. The molecule has 0 amide bonds. The Morgan fingerprint density at radius 1 is 1.25 bits per heavy atom. The van der Waals surface area contributed by atoms with Crippen LogP contribution < -0.4 is 14.8 Å². The van der Waals surface area contributed by atoms with E-state index in [0.29, 0.717) is 6.79 Å². The van der Waals surface area contributed by atoms with Crippen LogP contribution in [0.5, 0.6) is 11.5 Å². The van der Waals surface area contributed by atoms with Crippen molar-refractivity contribution in [1.29, 1.82) is 0 Å². The van der Waals surface area contributed by atoms with Crippen molar-refractivity contribution in [2.45, 2.75) is 13.0 Å². The van der Waals surface area contributed by atoms with E-state index in [1.165, 1.54) is 0 Å². The highest BCUT2D eigenvalue weighted by Gasteiger charge is 2.26. The molecule has 4 heteroatoms. The highest BCUT2D eigenvalue weighted by Crippen LogP contribution is 2.42. The lowest BCUT2D eigenvalue weighted by Gasteiger charge is -2.24. The van der Waals surface area contributed by atoms with Crippen LogP contribution in [0.1, 0.15) is 17.2 Å². The minimum atomic E-state index is 0.0739. The van der Waals surface area contributed by atoms with E-state index in [0.717, 1.165) is 42.3 Å². The molecular weight excluding hydrogens is 206 g/mol. The number of fused-ring (bicyclic) bond motifs is 1. The maximum Gasteiger partial charge on any atom is 0.231 e. The minimum Gasteiger partial charge on any atom is -0.453 e. The zero-order valence-electron chi connectivity index (χ0n) is 9.29. The smallest absolute Gasteiger partial charge is 0.231 e. The normalized spacial score (nSPS) is 23.4. The lowest BCUT2D eigenvalue weighted by Crippen LogP contribution is -2.33. The van der Waals surface area contributed by atoms with Gasteiger partial charge in [0.1, 0.15) is 0 Å². The molecule has 1 atom stereocenters. The van der Waals surface area contributed by atoms with E-state index in [9.17, 15) is 0 Å². The summed E-state index contributed by atoms with van der Waals surface area (Å²) in [6, 6.07) is 4.13. The van der Waals surface area contributed by atoms with Crippen molar-refractivity contribution < 1.29 is 14.2 Å². The summed E-state index contributed by atoms with van der Waals surface area (Å²) in [5.74, 6) is 1.72. The summed E-state index contributed by atoms with van der Waals surface area (Å²) in [6.07, 6.45) is 0.0739. The van der Waals surface area contributed by atoms with Crippen LogP contribution in [0.15, 0.2) is 12.1 Å². The van der Waals surface area contributed by atoms with Gasteiger partial charge in [0.25, 0.3) is 0 Å². The van der Waals surface area contributed by atoms with Crippen molar-refractivity contribution in [2.24, 2.45) is 0 Å². The first kappa shape index (κ1) is 9.93. The topological polar surface area (TPSA) is 39.7 Å². The van der Waals surface area contributed by atoms with Gasteiger partial charge in [-0.1, -0.05) is 12.1 Å². The number of benzene rings is 1.